The van der Waals surface area contributed by atoms with Gasteiger partial charge in [0, 0.05) is 6.42 Å². The fraction of sp³-hybridized carbons (Fsp3) is 0.838. The predicted molar refractivity (Wildman–Crippen MR) is 337 cm³/mol. The van der Waals surface area contributed by atoms with Crippen LogP contribution in [0.2, 0.25) is 0 Å². The lowest BCUT2D eigenvalue weighted by molar-refractivity contribution is -0.870. The van der Waals surface area contributed by atoms with E-state index in [4.69, 9.17) is 9.05 Å². The number of aliphatic hydroxyl groups is 1. The number of nitrogens with one attached hydrogen (secondary N) is 1. The fourth-order valence-corrected chi connectivity index (χ4v) is 10.5. The number of quaternary nitrogens is 1. The molecule has 452 valence electrons. The molecule has 0 aromatic heterocycles. The van der Waals surface area contributed by atoms with E-state index in [1.54, 1.807) is 6.08 Å². The van der Waals surface area contributed by atoms with E-state index < -0.39 is 20.0 Å². The first-order valence-corrected chi connectivity index (χ1v) is 34.7. The van der Waals surface area contributed by atoms with E-state index in [1.807, 2.05) is 27.2 Å². The summed E-state index contributed by atoms with van der Waals surface area (Å²) in [5.74, 6) is -0.183. The van der Waals surface area contributed by atoms with Gasteiger partial charge in [-0.25, -0.2) is 4.57 Å². The number of rotatable bonds is 61. The van der Waals surface area contributed by atoms with Crippen LogP contribution in [0.25, 0.3) is 0 Å². The van der Waals surface area contributed by atoms with E-state index in [0.717, 1.165) is 51.4 Å². The number of likely N-dealkylation sites (N-methyl/N-ethyl adjacent to an activating group) is 1. The average Bonchev–Trinajstić information content (AvgIpc) is 3.39. The van der Waals surface area contributed by atoms with Crippen molar-refractivity contribution < 1.29 is 32.9 Å². The third kappa shape index (κ3) is 61.7. The molecule has 8 nitrogen and oxygen atoms in total. The van der Waals surface area contributed by atoms with Gasteiger partial charge in [0.25, 0.3) is 0 Å². The number of aliphatic hydroxyl groups excluding tert-OH is 1. The standard InChI is InChI=1S/C68H129N2O6P/c1-6-8-10-12-14-16-18-20-22-24-26-28-30-31-32-33-34-35-36-37-38-39-40-42-44-46-48-50-52-54-56-58-60-62-68(72)69-66(65-76-77(73,74)75-64-63-70(3,4)5)67(71)61-59-57-55-53-51-49-47-45-43-41-29-27-25-23-21-19-17-15-13-11-9-7-2/h18,20,24,26,30-31,51,53,59,61,66-67,71H,6-17,19,21-23,25,27-29,32-50,52,54-58,60,62-65H2,1-5H3,(H-,69,72,73,74)/p+1/b20-18-,26-24-,31-30-,53-51+,61-59+. The maximum absolute atomic E-state index is 13.0. The van der Waals surface area contributed by atoms with Gasteiger partial charge in [0.1, 0.15) is 13.2 Å². The minimum Gasteiger partial charge on any atom is -0.387 e. The van der Waals surface area contributed by atoms with E-state index in [-0.39, 0.29) is 19.1 Å². The van der Waals surface area contributed by atoms with Crippen LogP contribution in [0.5, 0.6) is 0 Å². The Morgan fingerprint density at radius 3 is 1.13 bits per heavy atom. The van der Waals surface area contributed by atoms with Crippen LogP contribution in [0.1, 0.15) is 316 Å². The molecule has 0 aliphatic rings. The highest BCUT2D eigenvalue weighted by atomic mass is 31.2. The second-order valence-electron chi connectivity index (χ2n) is 23.8. The normalized spacial score (nSPS) is 14.1. The smallest absolute Gasteiger partial charge is 0.387 e. The van der Waals surface area contributed by atoms with Gasteiger partial charge in [-0.1, -0.05) is 299 Å². The summed E-state index contributed by atoms with van der Waals surface area (Å²) in [6.07, 6.45) is 80.7. The van der Waals surface area contributed by atoms with E-state index in [0.29, 0.717) is 17.4 Å². The average molecular weight is 1100 g/mol. The molecule has 77 heavy (non-hydrogen) atoms. The maximum Gasteiger partial charge on any atom is 0.472 e. The molecule has 0 aliphatic carbocycles. The molecule has 3 unspecified atom stereocenters. The molecule has 3 atom stereocenters. The molecule has 0 bridgehead atoms. The summed E-state index contributed by atoms with van der Waals surface area (Å²) in [5.41, 5.74) is 0. The number of carbonyl (C=O) groups excluding carboxylic acids is 1. The summed E-state index contributed by atoms with van der Waals surface area (Å²) in [7, 11) is 1.56. The van der Waals surface area contributed by atoms with Gasteiger partial charge in [0.15, 0.2) is 0 Å². The zero-order valence-electron chi connectivity index (χ0n) is 51.7. The highest BCUT2D eigenvalue weighted by Gasteiger charge is 2.28. The van der Waals surface area contributed by atoms with Gasteiger partial charge in [-0.05, 0) is 70.6 Å². The molecule has 0 aromatic rings. The Morgan fingerprint density at radius 1 is 0.442 bits per heavy atom. The van der Waals surface area contributed by atoms with Crippen molar-refractivity contribution in [3.05, 3.63) is 60.8 Å². The van der Waals surface area contributed by atoms with Gasteiger partial charge in [0.2, 0.25) is 5.91 Å². The lowest BCUT2D eigenvalue weighted by Crippen LogP contribution is -2.45. The molecular weight excluding hydrogens is 972 g/mol. The lowest BCUT2D eigenvalue weighted by Gasteiger charge is -2.25. The first-order valence-electron chi connectivity index (χ1n) is 33.2. The second kappa shape index (κ2) is 58.8. The van der Waals surface area contributed by atoms with Crippen molar-refractivity contribution in [3.8, 4) is 0 Å². The molecule has 0 fully saturated rings. The zero-order valence-corrected chi connectivity index (χ0v) is 52.6. The number of hydrogen-bond acceptors (Lipinski definition) is 5. The van der Waals surface area contributed by atoms with Crippen LogP contribution >= 0.6 is 7.82 Å². The molecule has 0 rings (SSSR count). The number of nitrogens with zero attached hydrogens (tertiary/aromatic N) is 1. The van der Waals surface area contributed by atoms with Crippen molar-refractivity contribution in [1.82, 2.24) is 5.32 Å². The molecule has 0 heterocycles. The second-order valence-corrected chi connectivity index (χ2v) is 25.3. The SMILES string of the molecule is CCCCCCC/C=C\C/C=C\C/C=C\CCCCCCCCCCCCCCCCCCCCC(=O)NC(COP(=O)(O)OCC[N+](C)(C)C)C(O)/C=C/CC/C=C/CCCCCCCCCCCCCCCCCC. The van der Waals surface area contributed by atoms with Crippen molar-refractivity contribution >= 4 is 13.7 Å². The Kier molecular flexibility index (Phi) is 57.5. The summed E-state index contributed by atoms with van der Waals surface area (Å²) >= 11 is 0. The summed E-state index contributed by atoms with van der Waals surface area (Å²) in [6, 6.07) is -0.865. The van der Waals surface area contributed by atoms with Crippen molar-refractivity contribution in [3.63, 3.8) is 0 Å². The number of hydrogen-bond donors (Lipinski definition) is 3. The monoisotopic (exact) mass is 1100 g/mol. The quantitative estimate of drug-likeness (QED) is 0.0243. The van der Waals surface area contributed by atoms with Gasteiger partial charge in [-0.3, -0.25) is 13.8 Å². The predicted octanol–water partition coefficient (Wildman–Crippen LogP) is 20.8. The third-order valence-corrected chi connectivity index (χ3v) is 15.9. The molecule has 0 radical (unpaired) electrons. The van der Waals surface area contributed by atoms with Crippen molar-refractivity contribution in [1.29, 1.82) is 0 Å². The Bertz CT molecular complexity index is 1440. The Hall–Kier alpha value is -1.80. The Morgan fingerprint density at radius 2 is 0.753 bits per heavy atom. The van der Waals surface area contributed by atoms with Crippen LogP contribution in [0.3, 0.4) is 0 Å². The highest BCUT2D eigenvalue weighted by Crippen LogP contribution is 2.43. The molecule has 9 heteroatoms. The van der Waals surface area contributed by atoms with Gasteiger partial charge < -0.3 is 19.8 Å². The Balaban J connectivity index is 4.10. The molecular formula is C68H130N2O6P+. The molecule has 0 aromatic carbocycles. The van der Waals surface area contributed by atoms with Crippen LogP contribution in [0.4, 0.5) is 0 Å². The molecule has 0 saturated carbocycles. The Labute approximate surface area is 479 Å². The van der Waals surface area contributed by atoms with Gasteiger partial charge in [0.05, 0.1) is 39.9 Å². The first kappa shape index (κ1) is 75.2. The van der Waals surface area contributed by atoms with Crippen molar-refractivity contribution in [2.24, 2.45) is 0 Å². The van der Waals surface area contributed by atoms with Crippen LogP contribution in [-0.4, -0.2) is 73.4 Å². The summed E-state index contributed by atoms with van der Waals surface area (Å²) in [6.45, 7) is 4.82. The minimum absolute atomic E-state index is 0.0561. The fourth-order valence-electron chi connectivity index (χ4n) is 9.77. The van der Waals surface area contributed by atoms with Crippen LogP contribution in [0.15, 0.2) is 60.8 Å². The molecule has 0 aliphatic heterocycles. The largest absolute Gasteiger partial charge is 0.472 e. The number of phosphoric acid groups is 1. The van der Waals surface area contributed by atoms with Crippen LogP contribution < -0.4 is 5.32 Å². The van der Waals surface area contributed by atoms with E-state index >= 15 is 0 Å². The third-order valence-electron chi connectivity index (χ3n) is 15.0. The summed E-state index contributed by atoms with van der Waals surface area (Å²) in [5, 5.41) is 14.0. The molecule has 3 N–H and O–H groups in total. The van der Waals surface area contributed by atoms with Crippen molar-refractivity contribution in [2.75, 3.05) is 40.9 Å². The van der Waals surface area contributed by atoms with Crippen LogP contribution in [0, 0.1) is 0 Å². The minimum atomic E-state index is -4.36. The van der Waals surface area contributed by atoms with Crippen molar-refractivity contribution in [2.45, 2.75) is 328 Å². The van der Waals surface area contributed by atoms with E-state index in [9.17, 15) is 19.4 Å². The lowest BCUT2D eigenvalue weighted by atomic mass is 10.0. The zero-order chi connectivity index (χ0) is 56.3. The van der Waals surface area contributed by atoms with E-state index in [1.165, 1.54) is 244 Å². The number of amides is 1. The van der Waals surface area contributed by atoms with Gasteiger partial charge in [-0.2, -0.15) is 0 Å². The number of allylic oxidation sites excluding steroid dienone is 9. The van der Waals surface area contributed by atoms with Crippen LogP contribution in [-0.2, 0) is 18.4 Å². The first-order chi connectivity index (χ1) is 37.5. The number of phosphoric ester groups is 1. The number of carbonyl (C=O) groups is 1. The summed E-state index contributed by atoms with van der Waals surface area (Å²) in [4.78, 5) is 23.4. The molecule has 1 amide bonds. The maximum atomic E-state index is 13.0. The topological polar surface area (TPSA) is 105 Å². The molecule has 0 spiro atoms. The number of unbranched alkanes of at least 4 members (excludes halogenated alkanes) is 40. The van der Waals surface area contributed by atoms with Gasteiger partial charge in [-0.15, -0.1) is 0 Å². The highest BCUT2D eigenvalue weighted by molar-refractivity contribution is 7.47. The van der Waals surface area contributed by atoms with Gasteiger partial charge >= 0.3 is 7.82 Å². The van der Waals surface area contributed by atoms with E-state index in [2.05, 4.69) is 67.8 Å². The summed E-state index contributed by atoms with van der Waals surface area (Å²) < 4.78 is 23.8. The molecule has 0 saturated heterocycles.